The number of ether oxygens (including phenoxy) is 2. The molecule has 24 heavy (non-hydrogen) atoms. The van der Waals surface area contributed by atoms with E-state index in [9.17, 15) is 14.4 Å². The first kappa shape index (κ1) is 16.1. The van der Waals surface area contributed by atoms with Gasteiger partial charge in [-0.3, -0.25) is 14.4 Å². The highest BCUT2D eigenvalue weighted by Gasteiger charge is 2.27. The maximum absolute atomic E-state index is 12.2. The topological polar surface area (TPSA) is 88.2 Å². The number of hydrogen-bond donors (Lipinski definition) is 1. The fourth-order valence-corrected chi connectivity index (χ4v) is 2.67. The Morgan fingerprint density at radius 1 is 0.958 bits per heavy atom. The fraction of sp³-hybridized carbons (Fsp3) is 0.438. The number of anilines is 1. The minimum atomic E-state index is -0.706. The van der Waals surface area contributed by atoms with Gasteiger partial charge in [-0.15, -0.1) is 0 Å². The Balaban J connectivity index is 1.59. The number of fused-ring (bicyclic) bond motifs is 1. The van der Waals surface area contributed by atoms with Crippen molar-refractivity contribution >= 4 is 23.4 Å². The molecule has 1 fully saturated rings. The van der Waals surface area contributed by atoms with Crippen LogP contribution in [0.5, 0.6) is 11.5 Å². The molecular weight excluding hydrogens is 314 g/mol. The molecule has 8 nitrogen and oxygen atoms in total. The zero-order valence-electron chi connectivity index (χ0n) is 13.4. The molecule has 2 aliphatic rings. The largest absolute Gasteiger partial charge is 0.486 e. The predicted molar refractivity (Wildman–Crippen MR) is 84.9 cm³/mol. The smallest absolute Gasteiger partial charge is 0.313 e. The van der Waals surface area contributed by atoms with Gasteiger partial charge in [-0.05, 0) is 12.1 Å². The molecule has 1 N–H and O–H groups in total. The van der Waals surface area contributed by atoms with E-state index in [1.807, 2.05) is 0 Å². The van der Waals surface area contributed by atoms with Crippen LogP contribution in [0.2, 0.25) is 0 Å². The van der Waals surface area contributed by atoms with Gasteiger partial charge >= 0.3 is 11.8 Å². The van der Waals surface area contributed by atoms with Gasteiger partial charge in [0.05, 0.1) is 0 Å². The van der Waals surface area contributed by atoms with Crippen molar-refractivity contribution in [3.8, 4) is 11.5 Å². The van der Waals surface area contributed by atoms with E-state index in [-0.39, 0.29) is 5.91 Å². The molecule has 1 saturated heterocycles. The van der Waals surface area contributed by atoms with E-state index in [1.54, 1.807) is 23.1 Å². The van der Waals surface area contributed by atoms with Gasteiger partial charge in [0.25, 0.3) is 0 Å². The molecule has 2 heterocycles. The molecule has 0 bridgehead atoms. The van der Waals surface area contributed by atoms with Crippen molar-refractivity contribution in [2.75, 3.05) is 44.7 Å². The summed E-state index contributed by atoms with van der Waals surface area (Å²) in [5.41, 5.74) is 0.472. The number of amides is 3. The van der Waals surface area contributed by atoms with Gasteiger partial charge < -0.3 is 24.6 Å². The molecular formula is C16H19N3O5. The van der Waals surface area contributed by atoms with Gasteiger partial charge in [-0.1, -0.05) is 0 Å². The second-order valence-electron chi connectivity index (χ2n) is 5.61. The molecule has 3 rings (SSSR count). The van der Waals surface area contributed by atoms with Gasteiger partial charge in [0, 0.05) is 44.9 Å². The van der Waals surface area contributed by atoms with Crippen molar-refractivity contribution in [3.05, 3.63) is 18.2 Å². The second kappa shape index (κ2) is 6.77. The summed E-state index contributed by atoms with van der Waals surface area (Å²) in [7, 11) is 0. The van der Waals surface area contributed by atoms with Crippen LogP contribution in [0, 0.1) is 0 Å². The first-order valence-corrected chi connectivity index (χ1v) is 7.80. The maximum atomic E-state index is 12.2. The van der Waals surface area contributed by atoms with E-state index in [1.165, 1.54) is 11.8 Å². The van der Waals surface area contributed by atoms with Crippen LogP contribution in [-0.2, 0) is 14.4 Å². The standard InChI is InChI=1S/C16H19N3O5/c1-11(20)18-4-6-19(7-5-18)16(22)15(21)17-12-2-3-13-14(10-12)24-9-8-23-13/h2-3,10H,4-9H2,1H3,(H,17,21). The van der Waals surface area contributed by atoms with Crippen molar-refractivity contribution in [2.45, 2.75) is 6.92 Å². The number of benzene rings is 1. The first-order chi connectivity index (χ1) is 11.5. The van der Waals surface area contributed by atoms with Crippen molar-refractivity contribution in [3.63, 3.8) is 0 Å². The van der Waals surface area contributed by atoms with Gasteiger partial charge in [0.1, 0.15) is 13.2 Å². The van der Waals surface area contributed by atoms with Crippen LogP contribution in [0.1, 0.15) is 6.92 Å². The molecule has 0 aromatic heterocycles. The summed E-state index contributed by atoms with van der Waals surface area (Å²) >= 11 is 0. The number of nitrogens with one attached hydrogen (secondary N) is 1. The van der Waals surface area contributed by atoms with Crippen molar-refractivity contribution in [1.29, 1.82) is 0 Å². The fourth-order valence-electron chi connectivity index (χ4n) is 2.67. The lowest BCUT2D eigenvalue weighted by Gasteiger charge is -2.33. The van der Waals surface area contributed by atoms with Gasteiger partial charge in [0.15, 0.2) is 11.5 Å². The Kier molecular flexibility index (Phi) is 4.54. The Bertz CT molecular complexity index is 668. The lowest BCUT2D eigenvalue weighted by Crippen LogP contribution is -2.52. The molecule has 2 aliphatic heterocycles. The molecule has 3 amide bonds. The van der Waals surface area contributed by atoms with E-state index in [0.29, 0.717) is 56.6 Å². The predicted octanol–water partition coefficient (Wildman–Crippen LogP) is 0.0870. The Morgan fingerprint density at radius 2 is 1.58 bits per heavy atom. The summed E-state index contributed by atoms with van der Waals surface area (Å²) in [4.78, 5) is 38.8. The second-order valence-corrected chi connectivity index (χ2v) is 5.61. The normalized spacial score (nSPS) is 16.5. The summed E-state index contributed by atoms with van der Waals surface area (Å²) in [5, 5.41) is 2.58. The number of piperazine rings is 1. The molecule has 1 aromatic rings. The first-order valence-electron chi connectivity index (χ1n) is 7.80. The van der Waals surface area contributed by atoms with Crippen LogP contribution in [0.4, 0.5) is 5.69 Å². The summed E-state index contributed by atoms with van der Waals surface area (Å²) in [6.45, 7) is 4.02. The number of carbonyl (C=O) groups excluding carboxylic acids is 3. The van der Waals surface area contributed by atoms with Gasteiger partial charge in [-0.25, -0.2) is 0 Å². The molecule has 8 heteroatoms. The van der Waals surface area contributed by atoms with Crippen LogP contribution in [-0.4, -0.2) is 66.9 Å². The van der Waals surface area contributed by atoms with Crippen LogP contribution in [0.15, 0.2) is 18.2 Å². The lowest BCUT2D eigenvalue weighted by molar-refractivity contribution is -0.145. The minimum absolute atomic E-state index is 0.0252. The van der Waals surface area contributed by atoms with Crippen LogP contribution < -0.4 is 14.8 Å². The molecule has 0 atom stereocenters. The summed E-state index contributed by atoms with van der Waals surface area (Å²) < 4.78 is 10.9. The number of nitrogens with zero attached hydrogens (tertiary/aromatic N) is 2. The third-order valence-electron chi connectivity index (χ3n) is 4.01. The summed E-state index contributed by atoms with van der Waals surface area (Å²) in [5.74, 6) is -0.175. The number of carbonyl (C=O) groups is 3. The Hall–Kier alpha value is -2.77. The molecule has 0 radical (unpaired) electrons. The zero-order chi connectivity index (χ0) is 17.1. The quantitative estimate of drug-likeness (QED) is 0.736. The molecule has 0 spiro atoms. The minimum Gasteiger partial charge on any atom is -0.486 e. The molecule has 0 saturated carbocycles. The number of hydrogen-bond acceptors (Lipinski definition) is 5. The van der Waals surface area contributed by atoms with Crippen molar-refractivity contribution < 1.29 is 23.9 Å². The molecule has 1 aromatic carbocycles. The molecule has 0 unspecified atom stereocenters. The van der Waals surface area contributed by atoms with Crippen LogP contribution in [0.25, 0.3) is 0 Å². The zero-order valence-corrected chi connectivity index (χ0v) is 13.4. The van der Waals surface area contributed by atoms with E-state index >= 15 is 0 Å². The van der Waals surface area contributed by atoms with E-state index in [2.05, 4.69) is 5.32 Å². The van der Waals surface area contributed by atoms with Crippen molar-refractivity contribution in [1.82, 2.24) is 9.80 Å². The van der Waals surface area contributed by atoms with Crippen LogP contribution >= 0.6 is 0 Å². The molecule has 0 aliphatic carbocycles. The van der Waals surface area contributed by atoms with Crippen LogP contribution in [0.3, 0.4) is 0 Å². The highest BCUT2D eigenvalue weighted by atomic mass is 16.6. The third-order valence-corrected chi connectivity index (χ3v) is 4.01. The lowest BCUT2D eigenvalue weighted by atomic mass is 10.2. The summed E-state index contributed by atoms with van der Waals surface area (Å²) in [6, 6.07) is 4.99. The summed E-state index contributed by atoms with van der Waals surface area (Å²) in [6.07, 6.45) is 0. The van der Waals surface area contributed by atoms with E-state index < -0.39 is 11.8 Å². The van der Waals surface area contributed by atoms with E-state index in [4.69, 9.17) is 9.47 Å². The molecule has 128 valence electrons. The Labute approximate surface area is 139 Å². The highest BCUT2D eigenvalue weighted by molar-refractivity contribution is 6.39. The van der Waals surface area contributed by atoms with E-state index in [0.717, 1.165) is 0 Å². The Morgan fingerprint density at radius 3 is 2.25 bits per heavy atom. The maximum Gasteiger partial charge on any atom is 0.313 e. The monoisotopic (exact) mass is 333 g/mol. The average molecular weight is 333 g/mol. The highest BCUT2D eigenvalue weighted by Crippen LogP contribution is 2.32. The third kappa shape index (κ3) is 3.42. The van der Waals surface area contributed by atoms with Gasteiger partial charge in [0.2, 0.25) is 5.91 Å². The average Bonchev–Trinajstić information content (AvgIpc) is 2.61. The van der Waals surface area contributed by atoms with Gasteiger partial charge in [-0.2, -0.15) is 0 Å². The SMILES string of the molecule is CC(=O)N1CCN(C(=O)C(=O)Nc2ccc3c(c2)OCCO3)CC1. The number of rotatable bonds is 1. The van der Waals surface area contributed by atoms with Crippen molar-refractivity contribution in [2.24, 2.45) is 0 Å².